The summed E-state index contributed by atoms with van der Waals surface area (Å²) >= 11 is 0. The van der Waals surface area contributed by atoms with Gasteiger partial charge in [-0.1, -0.05) is 25.1 Å². The number of rotatable bonds is 9. The van der Waals surface area contributed by atoms with E-state index in [2.05, 4.69) is 38.8 Å². The van der Waals surface area contributed by atoms with E-state index in [9.17, 15) is 25.0 Å². The van der Waals surface area contributed by atoms with Crippen LogP contribution in [0.3, 0.4) is 0 Å². The van der Waals surface area contributed by atoms with Crippen molar-refractivity contribution in [3.63, 3.8) is 0 Å². The number of fused-ring (bicyclic) bond motifs is 4. The average Bonchev–Trinajstić information content (AvgIpc) is 3.33. The first-order valence-corrected chi connectivity index (χ1v) is 13.5. The molecule has 3 aromatic rings. The monoisotopic (exact) mass is 547 g/mol. The van der Waals surface area contributed by atoms with E-state index < -0.39 is 38.6 Å². The molecule has 2 unspecified atom stereocenters. The van der Waals surface area contributed by atoms with Crippen LogP contribution in [0, 0.1) is 25.6 Å². The van der Waals surface area contributed by atoms with Crippen LogP contribution in [0.5, 0.6) is 0 Å². The minimum absolute atomic E-state index is 0.0567. The fourth-order valence-electron chi connectivity index (χ4n) is 6.29. The van der Waals surface area contributed by atoms with E-state index in [4.69, 9.17) is 4.74 Å². The van der Waals surface area contributed by atoms with Crippen molar-refractivity contribution in [3.05, 3.63) is 74.0 Å². The van der Waals surface area contributed by atoms with Gasteiger partial charge in [0.2, 0.25) is 5.71 Å². The second kappa shape index (κ2) is 10.9. The first kappa shape index (κ1) is 27.1. The van der Waals surface area contributed by atoms with Crippen LogP contribution < -0.4 is 0 Å². The van der Waals surface area contributed by atoms with E-state index in [1.165, 1.54) is 17.0 Å². The van der Waals surface area contributed by atoms with Crippen molar-refractivity contribution in [2.45, 2.75) is 52.0 Å². The topological polar surface area (TPSA) is 156 Å². The maximum absolute atomic E-state index is 12.9. The van der Waals surface area contributed by atoms with Crippen molar-refractivity contribution >= 4 is 39.6 Å². The van der Waals surface area contributed by atoms with Crippen molar-refractivity contribution in [1.29, 1.82) is 0 Å². The van der Waals surface area contributed by atoms with Crippen LogP contribution in [-0.4, -0.2) is 56.8 Å². The molecule has 12 nitrogen and oxygen atoms in total. The third-order valence-corrected chi connectivity index (χ3v) is 8.13. The summed E-state index contributed by atoms with van der Waals surface area (Å²) in [6, 6.07) is 10.8. The van der Waals surface area contributed by atoms with Gasteiger partial charge in [0.05, 0.1) is 40.4 Å². The Morgan fingerprint density at radius 1 is 1.15 bits per heavy atom. The van der Waals surface area contributed by atoms with Gasteiger partial charge < -0.3 is 9.72 Å². The maximum Gasteiger partial charge on any atom is 0.308 e. The number of aromatic amines is 1. The molecule has 0 fully saturated rings. The Labute approximate surface area is 230 Å². The Hall–Kier alpha value is -4.48. The molecule has 5 rings (SSSR count). The van der Waals surface area contributed by atoms with E-state index in [-0.39, 0.29) is 18.7 Å². The van der Waals surface area contributed by atoms with Gasteiger partial charge in [-0.3, -0.25) is 25.0 Å². The van der Waals surface area contributed by atoms with Crippen LogP contribution in [0.4, 0.5) is 17.1 Å². The first-order chi connectivity index (χ1) is 19.3. The minimum atomic E-state index is -0.716. The highest BCUT2D eigenvalue weighted by atomic mass is 16.6. The number of H-pyrrole nitrogens is 1. The second-order valence-electron chi connectivity index (χ2n) is 10.2. The molecule has 0 saturated carbocycles. The molecule has 208 valence electrons. The number of azo groups is 1. The molecule has 0 aliphatic carbocycles. The van der Waals surface area contributed by atoms with E-state index in [0.29, 0.717) is 6.42 Å². The lowest BCUT2D eigenvalue weighted by molar-refractivity contribution is -0.538. The number of non-ortho nitro benzene ring substituents is 1. The normalized spacial score (nSPS) is 19.4. The molecular weight excluding hydrogens is 516 g/mol. The standard InChI is InChI=1S/C28H30N6O6/c1-3-28(13-7-14-32-15-12-20-19-8-5-6-9-21(19)29-26(20)27(28)32)24(17-25(35)40-4-2)31-30-22-11-10-18(33(36)37)16-23(22)34(38)39/h5-6,8-11,16,24H,3-4,7,12-15,17H2,1-2H3/p+1. The second-order valence-corrected chi connectivity index (χ2v) is 10.2. The SMILES string of the molecule is CCOC(=O)CC(N=Nc1ccc([N+](=O)[O-])cc1[N+](=O)[O-])C1(CC)CCC[N+]2=C1c1[nH]c3ccccc3c1CC2. The molecule has 2 aliphatic heterocycles. The summed E-state index contributed by atoms with van der Waals surface area (Å²) < 4.78 is 7.68. The van der Waals surface area contributed by atoms with Crippen LogP contribution in [0.2, 0.25) is 0 Å². The lowest BCUT2D eigenvalue weighted by Crippen LogP contribution is -2.52. The van der Waals surface area contributed by atoms with E-state index in [1.807, 2.05) is 12.1 Å². The van der Waals surface area contributed by atoms with Crippen LogP contribution in [0.25, 0.3) is 10.9 Å². The number of hydrogen-bond acceptors (Lipinski definition) is 8. The van der Waals surface area contributed by atoms with Crippen LogP contribution >= 0.6 is 0 Å². The molecule has 2 aromatic carbocycles. The number of nitrogens with zero attached hydrogens (tertiary/aromatic N) is 5. The molecular formula is C28H31N6O6+. The van der Waals surface area contributed by atoms with Crippen molar-refractivity contribution in [3.8, 4) is 0 Å². The number of benzene rings is 2. The molecule has 2 aliphatic rings. The van der Waals surface area contributed by atoms with Crippen molar-refractivity contribution < 1.29 is 24.0 Å². The van der Waals surface area contributed by atoms with Crippen LogP contribution in [-0.2, 0) is 16.0 Å². The molecule has 1 N–H and O–H groups in total. The molecule has 0 spiro atoms. The third-order valence-electron chi connectivity index (χ3n) is 8.13. The molecule has 0 radical (unpaired) electrons. The largest absolute Gasteiger partial charge is 0.466 e. The first-order valence-electron chi connectivity index (χ1n) is 13.5. The average molecular weight is 548 g/mol. The Morgan fingerprint density at radius 2 is 1.95 bits per heavy atom. The Kier molecular flexibility index (Phi) is 7.42. The fourth-order valence-corrected chi connectivity index (χ4v) is 6.29. The van der Waals surface area contributed by atoms with Gasteiger partial charge in [0.1, 0.15) is 18.8 Å². The lowest BCUT2D eigenvalue weighted by Gasteiger charge is -2.40. The zero-order chi connectivity index (χ0) is 28.4. The number of ether oxygens (including phenoxy) is 1. The van der Waals surface area contributed by atoms with Gasteiger partial charge in [-0.15, -0.1) is 5.11 Å². The summed E-state index contributed by atoms with van der Waals surface area (Å²) in [5.74, 6) is -0.428. The summed E-state index contributed by atoms with van der Waals surface area (Å²) in [7, 11) is 0. The predicted octanol–water partition coefficient (Wildman–Crippen LogP) is 5.64. The summed E-state index contributed by atoms with van der Waals surface area (Å²) in [5.41, 5.74) is 2.77. The number of esters is 1. The smallest absolute Gasteiger partial charge is 0.308 e. The zero-order valence-electron chi connectivity index (χ0n) is 22.5. The van der Waals surface area contributed by atoms with Crippen molar-refractivity contribution in [2.24, 2.45) is 15.6 Å². The molecule has 0 amide bonds. The van der Waals surface area contributed by atoms with Crippen molar-refractivity contribution in [2.75, 3.05) is 19.7 Å². The number of nitrogens with one attached hydrogen (secondary N) is 1. The molecule has 0 saturated heterocycles. The van der Waals surface area contributed by atoms with Crippen molar-refractivity contribution in [1.82, 2.24) is 4.98 Å². The molecule has 0 bridgehead atoms. The van der Waals surface area contributed by atoms with Gasteiger partial charge in [0, 0.05) is 29.8 Å². The zero-order valence-corrected chi connectivity index (χ0v) is 22.5. The number of aromatic nitrogens is 1. The van der Waals surface area contributed by atoms with Gasteiger partial charge in [0.15, 0.2) is 5.69 Å². The number of nitro benzene ring substituents is 2. The summed E-state index contributed by atoms with van der Waals surface area (Å²) in [6.07, 6.45) is 3.12. The predicted molar refractivity (Wildman–Crippen MR) is 147 cm³/mol. The van der Waals surface area contributed by atoms with Gasteiger partial charge in [-0.2, -0.15) is 5.11 Å². The van der Waals surface area contributed by atoms with Gasteiger partial charge >= 0.3 is 11.7 Å². The van der Waals surface area contributed by atoms with Crippen LogP contribution in [0.15, 0.2) is 52.7 Å². The molecule has 3 heterocycles. The maximum atomic E-state index is 12.9. The van der Waals surface area contributed by atoms with Crippen LogP contribution in [0.1, 0.15) is 50.8 Å². The minimum Gasteiger partial charge on any atom is -0.466 e. The van der Waals surface area contributed by atoms with Gasteiger partial charge in [-0.25, -0.2) is 4.58 Å². The number of para-hydroxylation sites is 1. The fraction of sp³-hybridized carbons (Fsp3) is 0.429. The summed E-state index contributed by atoms with van der Waals surface area (Å²) in [5, 5.41) is 33.0. The highest BCUT2D eigenvalue weighted by Gasteiger charge is 2.53. The highest BCUT2D eigenvalue weighted by molar-refractivity contribution is 6.07. The Balaban J connectivity index is 1.64. The number of hydrogen-bond donors (Lipinski definition) is 1. The number of carbonyl (C=O) groups excluding carboxylic acids is 1. The summed E-state index contributed by atoms with van der Waals surface area (Å²) in [4.78, 5) is 38.0. The third kappa shape index (κ3) is 4.74. The van der Waals surface area contributed by atoms with E-state index >= 15 is 0 Å². The molecule has 2 atom stereocenters. The Morgan fingerprint density at radius 3 is 2.67 bits per heavy atom. The quantitative estimate of drug-likeness (QED) is 0.120. The number of carbonyl (C=O) groups is 1. The number of nitro groups is 2. The Bertz CT molecular complexity index is 1560. The summed E-state index contributed by atoms with van der Waals surface area (Å²) in [6.45, 7) is 5.73. The van der Waals surface area contributed by atoms with E-state index in [0.717, 1.165) is 61.4 Å². The molecule has 1 aromatic heterocycles. The van der Waals surface area contributed by atoms with Gasteiger partial charge in [0.25, 0.3) is 5.69 Å². The highest BCUT2D eigenvalue weighted by Crippen LogP contribution is 2.45. The molecule has 40 heavy (non-hydrogen) atoms. The van der Waals surface area contributed by atoms with Gasteiger partial charge in [-0.05, 0) is 37.5 Å². The lowest BCUT2D eigenvalue weighted by atomic mass is 9.66. The molecule has 12 heteroatoms. The van der Waals surface area contributed by atoms with E-state index in [1.54, 1.807) is 6.92 Å².